The third-order valence-electron chi connectivity index (χ3n) is 5.66. The fourth-order valence-electron chi connectivity index (χ4n) is 4.16. The quantitative estimate of drug-likeness (QED) is 0.396. The average Bonchev–Trinajstić information content (AvgIpc) is 3.36. The number of fused-ring (bicyclic) bond motifs is 1. The van der Waals surface area contributed by atoms with Crippen molar-refractivity contribution < 1.29 is 4.79 Å². The van der Waals surface area contributed by atoms with Crippen molar-refractivity contribution in [3.8, 4) is 11.3 Å². The zero-order chi connectivity index (χ0) is 21.1. The van der Waals surface area contributed by atoms with Gasteiger partial charge in [-0.05, 0) is 49.8 Å². The number of pyridine rings is 1. The molecule has 0 fully saturated rings. The van der Waals surface area contributed by atoms with Crippen LogP contribution in [0, 0.1) is 6.92 Å². The van der Waals surface area contributed by atoms with Gasteiger partial charge in [0.05, 0.1) is 16.8 Å². The highest BCUT2D eigenvalue weighted by Crippen LogP contribution is 2.34. The predicted octanol–water partition coefficient (Wildman–Crippen LogP) is 5.76. The van der Waals surface area contributed by atoms with Gasteiger partial charge in [-0.15, -0.1) is 11.3 Å². The molecule has 0 aliphatic rings. The van der Waals surface area contributed by atoms with Crippen LogP contribution >= 0.6 is 11.3 Å². The second-order valence-corrected chi connectivity index (χ2v) is 8.65. The van der Waals surface area contributed by atoms with Gasteiger partial charge < -0.3 is 10.3 Å². The lowest BCUT2D eigenvalue weighted by molar-refractivity contribution is 0.1000. The Bertz CT molecular complexity index is 1170. The summed E-state index contributed by atoms with van der Waals surface area (Å²) in [6, 6.07) is 16.4. The van der Waals surface area contributed by atoms with Crippen LogP contribution in [-0.4, -0.2) is 15.5 Å². The fraction of sp³-hybridized carbons (Fsp3) is 0.280. The molecule has 4 aromatic rings. The largest absolute Gasteiger partial charge is 0.366 e. The molecular weight excluding hydrogens is 390 g/mol. The first kappa shape index (κ1) is 20.4. The summed E-state index contributed by atoms with van der Waals surface area (Å²) in [4.78, 5) is 18.8. The SMILES string of the molecule is CCCCc1c(-c2ccc3ccccc3n2)c(C(N)=O)c(C)n1CCc1cccs1. The number of amides is 1. The first-order chi connectivity index (χ1) is 14.6. The van der Waals surface area contributed by atoms with Crippen LogP contribution < -0.4 is 5.73 Å². The lowest BCUT2D eigenvalue weighted by atomic mass is 10.0. The molecule has 0 saturated carbocycles. The van der Waals surface area contributed by atoms with E-state index in [9.17, 15) is 4.79 Å². The average molecular weight is 418 g/mol. The number of nitrogens with zero attached hydrogens (tertiary/aromatic N) is 2. The number of benzene rings is 1. The highest BCUT2D eigenvalue weighted by atomic mass is 32.1. The molecule has 0 aliphatic heterocycles. The monoisotopic (exact) mass is 417 g/mol. The van der Waals surface area contributed by atoms with Gasteiger partial charge in [0.2, 0.25) is 0 Å². The molecule has 3 aromatic heterocycles. The maximum Gasteiger partial charge on any atom is 0.251 e. The number of hydrogen-bond donors (Lipinski definition) is 1. The number of aromatic nitrogens is 2. The molecule has 154 valence electrons. The van der Waals surface area contributed by atoms with Gasteiger partial charge in [0.1, 0.15) is 0 Å². The molecule has 5 heteroatoms. The van der Waals surface area contributed by atoms with Gasteiger partial charge in [-0.25, -0.2) is 4.98 Å². The highest BCUT2D eigenvalue weighted by Gasteiger charge is 2.25. The van der Waals surface area contributed by atoms with E-state index in [-0.39, 0.29) is 5.91 Å². The molecule has 0 unspecified atom stereocenters. The van der Waals surface area contributed by atoms with Crippen molar-refractivity contribution in [2.45, 2.75) is 46.1 Å². The van der Waals surface area contributed by atoms with Crippen LogP contribution in [0.3, 0.4) is 0 Å². The maximum absolute atomic E-state index is 12.5. The van der Waals surface area contributed by atoms with Crippen molar-refractivity contribution in [3.63, 3.8) is 0 Å². The molecule has 0 atom stereocenters. The first-order valence-electron chi connectivity index (χ1n) is 10.5. The van der Waals surface area contributed by atoms with E-state index < -0.39 is 0 Å². The third-order valence-corrected chi connectivity index (χ3v) is 6.60. The summed E-state index contributed by atoms with van der Waals surface area (Å²) in [6.45, 7) is 5.03. The van der Waals surface area contributed by atoms with Gasteiger partial charge in [-0.2, -0.15) is 0 Å². The number of aryl methyl sites for hydroxylation is 1. The Morgan fingerprint density at radius 2 is 1.93 bits per heavy atom. The molecule has 1 amide bonds. The van der Waals surface area contributed by atoms with Crippen LogP contribution in [0.1, 0.15) is 46.4 Å². The topological polar surface area (TPSA) is 60.9 Å². The number of carbonyl (C=O) groups is 1. The minimum absolute atomic E-state index is 0.384. The molecular formula is C25H27N3OS. The zero-order valence-electron chi connectivity index (χ0n) is 17.5. The van der Waals surface area contributed by atoms with Crippen LogP contribution in [0.2, 0.25) is 0 Å². The number of thiophene rings is 1. The maximum atomic E-state index is 12.5. The molecule has 4 nitrogen and oxygen atoms in total. The van der Waals surface area contributed by atoms with Gasteiger partial charge >= 0.3 is 0 Å². The molecule has 3 heterocycles. The summed E-state index contributed by atoms with van der Waals surface area (Å²) in [7, 11) is 0. The second kappa shape index (κ2) is 8.84. The van der Waals surface area contributed by atoms with E-state index in [1.807, 2.05) is 31.2 Å². The number of primary amides is 1. The van der Waals surface area contributed by atoms with Gasteiger partial charge in [0.25, 0.3) is 5.91 Å². The Morgan fingerprint density at radius 1 is 1.10 bits per heavy atom. The Labute approximate surface area is 181 Å². The lowest BCUT2D eigenvalue weighted by Gasteiger charge is -2.13. The minimum Gasteiger partial charge on any atom is -0.366 e. The van der Waals surface area contributed by atoms with Gasteiger partial charge in [0.15, 0.2) is 0 Å². The Kier molecular flexibility index (Phi) is 6.00. The van der Waals surface area contributed by atoms with Crippen LogP contribution in [0.25, 0.3) is 22.2 Å². The van der Waals surface area contributed by atoms with Crippen molar-refractivity contribution in [2.75, 3.05) is 0 Å². The van der Waals surface area contributed by atoms with E-state index in [0.717, 1.165) is 60.1 Å². The van der Waals surface area contributed by atoms with Crippen molar-refractivity contribution in [3.05, 3.63) is 75.7 Å². The summed E-state index contributed by atoms with van der Waals surface area (Å²) in [6.07, 6.45) is 3.99. The highest BCUT2D eigenvalue weighted by molar-refractivity contribution is 7.09. The van der Waals surface area contributed by atoms with Gasteiger partial charge in [-0.1, -0.05) is 43.7 Å². The lowest BCUT2D eigenvalue weighted by Crippen LogP contribution is -2.14. The predicted molar refractivity (Wildman–Crippen MR) is 125 cm³/mol. The van der Waals surface area contributed by atoms with Gasteiger partial charge in [0, 0.05) is 33.8 Å². The van der Waals surface area contributed by atoms with E-state index in [0.29, 0.717) is 5.56 Å². The molecule has 0 aliphatic carbocycles. The standard InChI is InChI=1S/C25H27N3OS/c1-3-4-11-22-24(21-13-12-18-8-5-6-10-20(18)27-21)23(25(26)29)17(2)28(22)15-14-19-9-7-16-30-19/h5-10,12-13,16H,3-4,11,14-15H2,1-2H3,(H2,26,29). The van der Waals surface area contributed by atoms with Crippen molar-refractivity contribution in [1.29, 1.82) is 0 Å². The first-order valence-corrected chi connectivity index (χ1v) is 11.4. The van der Waals surface area contributed by atoms with Gasteiger partial charge in [-0.3, -0.25) is 4.79 Å². The molecule has 2 N–H and O–H groups in total. The number of nitrogens with two attached hydrogens (primary N) is 1. The second-order valence-electron chi connectivity index (χ2n) is 7.62. The number of carbonyl (C=O) groups excluding carboxylic acids is 1. The molecule has 1 aromatic carbocycles. The smallest absolute Gasteiger partial charge is 0.251 e. The normalized spacial score (nSPS) is 11.3. The van der Waals surface area contributed by atoms with E-state index in [2.05, 4.69) is 41.1 Å². The molecule has 0 spiro atoms. The third kappa shape index (κ3) is 3.90. The summed E-state index contributed by atoms with van der Waals surface area (Å²) in [5, 5.41) is 3.19. The molecule has 0 radical (unpaired) electrons. The van der Waals surface area contributed by atoms with Crippen LogP contribution in [0.5, 0.6) is 0 Å². The molecule has 0 bridgehead atoms. The summed E-state index contributed by atoms with van der Waals surface area (Å²) in [5.41, 5.74) is 11.3. The van der Waals surface area contributed by atoms with Crippen molar-refractivity contribution >= 4 is 28.1 Å². The molecule has 0 saturated heterocycles. The summed E-state index contributed by atoms with van der Waals surface area (Å²) >= 11 is 1.77. The van der Waals surface area contributed by atoms with Crippen molar-refractivity contribution in [1.82, 2.24) is 9.55 Å². The Balaban J connectivity index is 1.87. The summed E-state index contributed by atoms with van der Waals surface area (Å²) in [5.74, 6) is -0.384. The Hall–Kier alpha value is -2.92. The van der Waals surface area contributed by atoms with Crippen LogP contribution in [0.15, 0.2) is 53.9 Å². The summed E-state index contributed by atoms with van der Waals surface area (Å²) < 4.78 is 2.29. The van der Waals surface area contributed by atoms with Crippen LogP contribution in [-0.2, 0) is 19.4 Å². The van der Waals surface area contributed by atoms with E-state index in [4.69, 9.17) is 10.7 Å². The zero-order valence-corrected chi connectivity index (χ0v) is 18.3. The number of para-hydroxylation sites is 1. The van der Waals surface area contributed by atoms with E-state index in [1.54, 1.807) is 11.3 Å². The molecule has 30 heavy (non-hydrogen) atoms. The molecule has 4 rings (SSSR count). The van der Waals surface area contributed by atoms with E-state index >= 15 is 0 Å². The number of rotatable bonds is 8. The number of unbranched alkanes of at least 4 members (excludes halogenated alkanes) is 1. The number of hydrogen-bond acceptors (Lipinski definition) is 3. The van der Waals surface area contributed by atoms with Crippen LogP contribution in [0.4, 0.5) is 0 Å². The Morgan fingerprint density at radius 3 is 2.67 bits per heavy atom. The van der Waals surface area contributed by atoms with E-state index in [1.165, 1.54) is 10.6 Å². The fourth-order valence-corrected chi connectivity index (χ4v) is 4.86. The minimum atomic E-state index is -0.384. The van der Waals surface area contributed by atoms with Crippen molar-refractivity contribution in [2.24, 2.45) is 5.73 Å².